The molecule has 1 rings (SSSR count). The van der Waals surface area contributed by atoms with E-state index in [9.17, 15) is 0 Å². The van der Waals surface area contributed by atoms with Crippen LogP contribution in [-0.4, -0.2) is 12.1 Å². The van der Waals surface area contributed by atoms with Crippen molar-refractivity contribution in [1.82, 2.24) is 5.32 Å². The first-order chi connectivity index (χ1) is 4.66. The Hall–Kier alpha value is -0.0400. The summed E-state index contributed by atoms with van der Waals surface area (Å²) >= 11 is 0. The summed E-state index contributed by atoms with van der Waals surface area (Å²) in [7, 11) is 0. The maximum atomic E-state index is 3.57. The van der Waals surface area contributed by atoms with E-state index in [-0.39, 0.29) is 0 Å². The smallest absolute Gasteiger partial charge is 0.00726 e. The average molecular weight is 141 g/mol. The highest BCUT2D eigenvalue weighted by molar-refractivity contribution is 4.90. The molecule has 0 aromatic rings. The second kappa shape index (κ2) is 2.91. The van der Waals surface area contributed by atoms with Crippen LogP contribution < -0.4 is 5.32 Å². The summed E-state index contributed by atoms with van der Waals surface area (Å²) in [5.74, 6) is 1.76. The molecular formula is C9H19N. The van der Waals surface area contributed by atoms with Gasteiger partial charge in [-0.2, -0.15) is 0 Å². The third kappa shape index (κ3) is 1.20. The van der Waals surface area contributed by atoms with Gasteiger partial charge < -0.3 is 5.32 Å². The predicted molar refractivity (Wildman–Crippen MR) is 45.0 cm³/mol. The van der Waals surface area contributed by atoms with Crippen LogP contribution in [0.3, 0.4) is 0 Å². The van der Waals surface area contributed by atoms with Crippen molar-refractivity contribution in [2.24, 2.45) is 11.8 Å². The van der Waals surface area contributed by atoms with Gasteiger partial charge >= 0.3 is 0 Å². The molecule has 1 heteroatoms. The van der Waals surface area contributed by atoms with Crippen LogP contribution in [0.15, 0.2) is 0 Å². The second-order valence-corrected chi connectivity index (χ2v) is 3.68. The lowest BCUT2D eigenvalue weighted by Crippen LogP contribution is -2.26. The van der Waals surface area contributed by atoms with E-state index in [1.165, 1.54) is 6.42 Å². The lowest BCUT2D eigenvalue weighted by Gasteiger charge is -2.16. The Kier molecular flexibility index (Phi) is 2.35. The van der Waals surface area contributed by atoms with Crippen LogP contribution in [0.4, 0.5) is 0 Å². The lowest BCUT2D eigenvalue weighted by atomic mass is 9.88. The van der Waals surface area contributed by atoms with Crippen molar-refractivity contribution in [3.63, 3.8) is 0 Å². The monoisotopic (exact) mass is 141 g/mol. The first-order valence-electron chi connectivity index (χ1n) is 4.42. The molecule has 1 heterocycles. The second-order valence-electron chi connectivity index (χ2n) is 3.68. The number of rotatable bonds is 1. The van der Waals surface area contributed by atoms with Gasteiger partial charge in [-0.25, -0.2) is 0 Å². The van der Waals surface area contributed by atoms with Gasteiger partial charge in [0.05, 0.1) is 0 Å². The molecule has 0 aliphatic carbocycles. The highest BCUT2D eigenvalue weighted by Crippen LogP contribution is 2.28. The summed E-state index contributed by atoms with van der Waals surface area (Å²) in [5.41, 5.74) is 0. The quantitative estimate of drug-likeness (QED) is 0.589. The Morgan fingerprint density at radius 1 is 1.10 bits per heavy atom. The minimum absolute atomic E-state index is 0.722. The zero-order valence-corrected chi connectivity index (χ0v) is 7.52. The molecule has 0 radical (unpaired) electrons. The van der Waals surface area contributed by atoms with E-state index in [0.717, 1.165) is 23.9 Å². The van der Waals surface area contributed by atoms with Crippen molar-refractivity contribution in [1.29, 1.82) is 0 Å². The van der Waals surface area contributed by atoms with Gasteiger partial charge in [-0.15, -0.1) is 0 Å². The highest BCUT2D eigenvalue weighted by atomic mass is 15.0. The third-order valence-corrected chi connectivity index (χ3v) is 3.10. The number of hydrogen-bond donors (Lipinski definition) is 1. The highest BCUT2D eigenvalue weighted by Gasteiger charge is 2.33. The van der Waals surface area contributed by atoms with Gasteiger partial charge in [0.1, 0.15) is 0 Å². The van der Waals surface area contributed by atoms with E-state index in [1.54, 1.807) is 0 Å². The van der Waals surface area contributed by atoms with Crippen LogP contribution in [0.2, 0.25) is 0 Å². The van der Waals surface area contributed by atoms with Gasteiger partial charge in [0.25, 0.3) is 0 Å². The Labute approximate surface area is 64.2 Å². The molecule has 1 N–H and O–H groups in total. The molecule has 1 saturated heterocycles. The zero-order valence-electron chi connectivity index (χ0n) is 7.52. The van der Waals surface area contributed by atoms with Gasteiger partial charge in [-0.3, -0.25) is 0 Å². The van der Waals surface area contributed by atoms with Crippen molar-refractivity contribution in [3.05, 3.63) is 0 Å². The maximum absolute atomic E-state index is 3.57. The Morgan fingerprint density at radius 2 is 1.70 bits per heavy atom. The van der Waals surface area contributed by atoms with Crippen LogP contribution in [0.1, 0.15) is 34.1 Å². The summed E-state index contributed by atoms with van der Waals surface area (Å²) in [4.78, 5) is 0. The van der Waals surface area contributed by atoms with Gasteiger partial charge in [0.2, 0.25) is 0 Å². The average Bonchev–Trinajstić information content (AvgIpc) is 2.09. The molecule has 1 nitrogen and oxygen atoms in total. The molecule has 0 amide bonds. The largest absolute Gasteiger partial charge is 0.311 e. The van der Waals surface area contributed by atoms with Gasteiger partial charge in [0, 0.05) is 12.1 Å². The van der Waals surface area contributed by atoms with Crippen molar-refractivity contribution in [2.75, 3.05) is 0 Å². The van der Waals surface area contributed by atoms with Crippen LogP contribution in [0.5, 0.6) is 0 Å². The first kappa shape index (κ1) is 8.06. The first-order valence-corrected chi connectivity index (χ1v) is 4.42. The topological polar surface area (TPSA) is 12.0 Å². The summed E-state index contributed by atoms with van der Waals surface area (Å²) in [6.07, 6.45) is 1.32. The fourth-order valence-corrected chi connectivity index (χ4v) is 2.24. The van der Waals surface area contributed by atoms with Gasteiger partial charge in [-0.05, 0) is 25.7 Å². The lowest BCUT2D eigenvalue weighted by molar-refractivity contribution is 0.369. The molecule has 1 aliphatic heterocycles. The van der Waals surface area contributed by atoms with Gasteiger partial charge in [-0.1, -0.05) is 20.3 Å². The minimum Gasteiger partial charge on any atom is -0.311 e. The molecular weight excluding hydrogens is 122 g/mol. The van der Waals surface area contributed by atoms with Crippen LogP contribution in [0, 0.1) is 11.8 Å². The molecule has 0 bridgehead atoms. The molecule has 1 aliphatic rings. The SMILES string of the molecule is CCC1C(C)NC(C)C1C. The third-order valence-electron chi connectivity index (χ3n) is 3.10. The van der Waals surface area contributed by atoms with Crippen molar-refractivity contribution in [3.8, 4) is 0 Å². The van der Waals surface area contributed by atoms with E-state index in [1.807, 2.05) is 0 Å². The molecule has 4 unspecified atom stereocenters. The van der Waals surface area contributed by atoms with Gasteiger partial charge in [0.15, 0.2) is 0 Å². The van der Waals surface area contributed by atoms with E-state index >= 15 is 0 Å². The standard InChI is InChI=1S/C9H19N/c1-5-9-6(2)7(3)10-8(9)4/h6-10H,5H2,1-4H3. The van der Waals surface area contributed by atoms with Crippen molar-refractivity contribution < 1.29 is 0 Å². The van der Waals surface area contributed by atoms with E-state index < -0.39 is 0 Å². The van der Waals surface area contributed by atoms with Crippen LogP contribution >= 0.6 is 0 Å². The Morgan fingerprint density at radius 3 is 1.90 bits per heavy atom. The molecule has 0 saturated carbocycles. The minimum atomic E-state index is 0.722. The summed E-state index contributed by atoms with van der Waals surface area (Å²) in [5, 5.41) is 3.57. The maximum Gasteiger partial charge on any atom is 0.00726 e. The Balaban J connectivity index is 2.55. The molecule has 60 valence electrons. The van der Waals surface area contributed by atoms with Crippen LogP contribution in [0.25, 0.3) is 0 Å². The van der Waals surface area contributed by atoms with Crippen molar-refractivity contribution in [2.45, 2.75) is 46.2 Å². The van der Waals surface area contributed by atoms with Crippen molar-refractivity contribution >= 4 is 0 Å². The summed E-state index contributed by atoms with van der Waals surface area (Å²) in [6, 6.07) is 1.45. The Bertz CT molecular complexity index is 111. The van der Waals surface area contributed by atoms with E-state index in [4.69, 9.17) is 0 Å². The normalized spacial score (nSPS) is 48.0. The summed E-state index contributed by atoms with van der Waals surface area (Å²) < 4.78 is 0. The molecule has 0 aromatic heterocycles. The zero-order chi connectivity index (χ0) is 7.72. The van der Waals surface area contributed by atoms with Crippen LogP contribution in [-0.2, 0) is 0 Å². The summed E-state index contributed by atoms with van der Waals surface area (Å²) in [6.45, 7) is 9.23. The molecule has 0 aromatic carbocycles. The molecule has 4 atom stereocenters. The fourth-order valence-electron chi connectivity index (χ4n) is 2.24. The van der Waals surface area contributed by atoms with E-state index in [2.05, 4.69) is 33.0 Å². The molecule has 1 fully saturated rings. The molecule has 10 heavy (non-hydrogen) atoms. The van der Waals surface area contributed by atoms with E-state index in [0.29, 0.717) is 0 Å². The molecule has 0 spiro atoms. The number of hydrogen-bond acceptors (Lipinski definition) is 1. The predicted octanol–water partition coefficient (Wildman–Crippen LogP) is 2.03. The fraction of sp³-hybridized carbons (Fsp3) is 1.00. The number of nitrogens with one attached hydrogen (secondary N) is 1.